The highest BCUT2D eigenvalue weighted by molar-refractivity contribution is 6.34. The molecule has 3 rings (SSSR count). The van der Waals surface area contributed by atoms with Gasteiger partial charge in [-0.2, -0.15) is 4.98 Å². The standard InChI is InChI=1S/C17H19ClFN5O2/c1-23(2)15-14(10-20-17(22-15)24-5-7-26-8-6-24)21-16(25)12-4-3-11(19)9-13(12)18/h3-4,9-10H,5-8H2,1-2H3,(H,21,25). The SMILES string of the molecule is CN(C)c1nc(N2CCOCC2)ncc1NC(=O)c1ccc(F)cc1Cl. The Balaban J connectivity index is 1.85. The number of morpholine rings is 1. The fraction of sp³-hybridized carbons (Fsp3) is 0.353. The van der Waals surface area contributed by atoms with E-state index >= 15 is 0 Å². The van der Waals surface area contributed by atoms with Crippen molar-refractivity contribution in [3.8, 4) is 0 Å². The first kappa shape index (κ1) is 18.3. The average molecular weight is 380 g/mol. The van der Waals surface area contributed by atoms with Gasteiger partial charge in [0.05, 0.1) is 30.0 Å². The molecule has 0 radical (unpaired) electrons. The third kappa shape index (κ3) is 4.03. The van der Waals surface area contributed by atoms with E-state index in [2.05, 4.69) is 15.3 Å². The Morgan fingerprint density at radius 3 is 2.73 bits per heavy atom. The number of carbonyl (C=O) groups excluding carboxylic acids is 1. The van der Waals surface area contributed by atoms with Gasteiger partial charge in [0.25, 0.3) is 5.91 Å². The highest BCUT2D eigenvalue weighted by atomic mass is 35.5. The van der Waals surface area contributed by atoms with Gasteiger partial charge in [-0.15, -0.1) is 0 Å². The molecule has 1 N–H and O–H groups in total. The number of rotatable bonds is 4. The van der Waals surface area contributed by atoms with E-state index in [1.807, 2.05) is 19.0 Å². The van der Waals surface area contributed by atoms with Crippen LogP contribution in [0.2, 0.25) is 5.02 Å². The van der Waals surface area contributed by atoms with Gasteiger partial charge in [0.1, 0.15) is 11.5 Å². The molecule has 1 amide bonds. The summed E-state index contributed by atoms with van der Waals surface area (Å²) < 4.78 is 18.5. The van der Waals surface area contributed by atoms with E-state index in [1.165, 1.54) is 12.1 Å². The summed E-state index contributed by atoms with van der Waals surface area (Å²) in [4.78, 5) is 25.2. The number of ether oxygens (including phenoxy) is 1. The lowest BCUT2D eigenvalue weighted by atomic mass is 10.2. The Labute approximate surface area is 155 Å². The van der Waals surface area contributed by atoms with E-state index in [0.29, 0.717) is 43.8 Å². The van der Waals surface area contributed by atoms with Crippen LogP contribution in [0, 0.1) is 5.82 Å². The number of benzene rings is 1. The first-order valence-electron chi connectivity index (χ1n) is 8.09. The van der Waals surface area contributed by atoms with E-state index in [0.717, 1.165) is 6.07 Å². The number of hydrogen-bond acceptors (Lipinski definition) is 6. The van der Waals surface area contributed by atoms with Gasteiger partial charge in [-0.25, -0.2) is 9.37 Å². The fourth-order valence-corrected chi connectivity index (χ4v) is 2.82. The summed E-state index contributed by atoms with van der Waals surface area (Å²) in [5.74, 6) is 0.183. The van der Waals surface area contributed by atoms with Crippen molar-refractivity contribution in [1.82, 2.24) is 9.97 Å². The third-order valence-corrected chi connectivity index (χ3v) is 4.21. The molecule has 1 fully saturated rings. The second-order valence-corrected chi connectivity index (χ2v) is 6.39. The number of amides is 1. The van der Waals surface area contributed by atoms with Crippen LogP contribution in [0.3, 0.4) is 0 Å². The number of halogens is 2. The fourth-order valence-electron chi connectivity index (χ4n) is 2.57. The lowest BCUT2D eigenvalue weighted by Crippen LogP contribution is -2.37. The van der Waals surface area contributed by atoms with Gasteiger partial charge in [-0.3, -0.25) is 4.79 Å². The van der Waals surface area contributed by atoms with Crippen molar-refractivity contribution in [2.24, 2.45) is 0 Å². The summed E-state index contributed by atoms with van der Waals surface area (Å²) >= 11 is 5.96. The van der Waals surface area contributed by atoms with Crippen LogP contribution in [0.25, 0.3) is 0 Å². The number of carbonyl (C=O) groups is 1. The molecule has 9 heteroatoms. The quantitative estimate of drug-likeness (QED) is 0.879. The summed E-state index contributed by atoms with van der Waals surface area (Å²) in [7, 11) is 3.65. The number of nitrogens with zero attached hydrogens (tertiary/aromatic N) is 4. The lowest BCUT2D eigenvalue weighted by molar-refractivity contribution is 0.102. The van der Waals surface area contributed by atoms with Gasteiger partial charge in [0.15, 0.2) is 5.82 Å². The summed E-state index contributed by atoms with van der Waals surface area (Å²) in [6.07, 6.45) is 1.56. The van der Waals surface area contributed by atoms with E-state index < -0.39 is 11.7 Å². The summed E-state index contributed by atoms with van der Waals surface area (Å²) in [6, 6.07) is 3.62. The smallest absolute Gasteiger partial charge is 0.257 e. The molecule has 1 aromatic heterocycles. The van der Waals surface area contributed by atoms with Crippen LogP contribution in [-0.4, -0.2) is 56.3 Å². The second kappa shape index (κ2) is 7.84. The highest BCUT2D eigenvalue weighted by Crippen LogP contribution is 2.26. The molecule has 138 valence electrons. The van der Waals surface area contributed by atoms with Crippen molar-refractivity contribution in [2.45, 2.75) is 0 Å². The molecule has 26 heavy (non-hydrogen) atoms. The lowest BCUT2D eigenvalue weighted by Gasteiger charge is -2.28. The molecule has 7 nitrogen and oxygen atoms in total. The van der Waals surface area contributed by atoms with Gasteiger partial charge in [-0.1, -0.05) is 11.6 Å². The number of hydrogen-bond donors (Lipinski definition) is 1. The molecule has 0 bridgehead atoms. The maximum absolute atomic E-state index is 13.2. The summed E-state index contributed by atoms with van der Waals surface area (Å²) in [5, 5.41) is 2.78. The maximum atomic E-state index is 13.2. The topological polar surface area (TPSA) is 70.6 Å². The zero-order valence-corrected chi connectivity index (χ0v) is 15.3. The minimum absolute atomic E-state index is 0.0414. The van der Waals surface area contributed by atoms with E-state index in [-0.39, 0.29) is 10.6 Å². The molecule has 0 atom stereocenters. The third-order valence-electron chi connectivity index (χ3n) is 3.90. The number of anilines is 3. The summed E-state index contributed by atoms with van der Waals surface area (Å²) in [5.41, 5.74) is 0.618. The van der Waals surface area contributed by atoms with Crippen molar-refractivity contribution in [3.05, 3.63) is 40.8 Å². The first-order chi connectivity index (χ1) is 12.5. The van der Waals surface area contributed by atoms with Crippen LogP contribution in [0.5, 0.6) is 0 Å². The maximum Gasteiger partial charge on any atom is 0.257 e. The molecular formula is C17H19ClFN5O2. The number of nitrogens with one attached hydrogen (secondary N) is 1. The molecule has 0 unspecified atom stereocenters. The van der Waals surface area contributed by atoms with Gasteiger partial charge in [-0.05, 0) is 18.2 Å². The zero-order chi connectivity index (χ0) is 18.7. The molecule has 2 aromatic rings. The Bertz CT molecular complexity index is 812. The van der Waals surface area contributed by atoms with Gasteiger partial charge in [0, 0.05) is 27.2 Å². The molecule has 0 saturated carbocycles. The normalized spacial score (nSPS) is 14.2. The molecule has 1 aliphatic rings. The average Bonchev–Trinajstić information content (AvgIpc) is 2.62. The molecular weight excluding hydrogens is 361 g/mol. The van der Waals surface area contributed by atoms with Gasteiger partial charge in [0.2, 0.25) is 5.95 Å². The Kier molecular flexibility index (Phi) is 5.53. The molecule has 0 spiro atoms. The van der Waals surface area contributed by atoms with Crippen LogP contribution in [0.4, 0.5) is 21.8 Å². The number of aromatic nitrogens is 2. The minimum Gasteiger partial charge on any atom is -0.378 e. The zero-order valence-electron chi connectivity index (χ0n) is 14.5. The van der Waals surface area contributed by atoms with Crippen molar-refractivity contribution in [3.63, 3.8) is 0 Å². The van der Waals surface area contributed by atoms with Crippen LogP contribution in [0.15, 0.2) is 24.4 Å². The largest absolute Gasteiger partial charge is 0.378 e. The van der Waals surface area contributed by atoms with Gasteiger partial charge < -0.3 is 19.9 Å². The predicted molar refractivity (Wildman–Crippen MR) is 98.8 cm³/mol. The van der Waals surface area contributed by atoms with Crippen LogP contribution < -0.4 is 15.1 Å². The van der Waals surface area contributed by atoms with Crippen molar-refractivity contribution in [1.29, 1.82) is 0 Å². The van der Waals surface area contributed by atoms with Crippen molar-refractivity contribution < 1.29 is 13.9 Å². The molecule has 1 aromatic carbocycles. The van der Waals surface area contributed by atoms with Crippen molar-refractivity contribution in [2.75, 3.05) is 55.5 Å². The minimum atomic E-state index is -0.501. The van der Waals surface area contributed by atoms with Crippen LogP contribution in [-0.2, 0) is 4.74 Å². The highest BCUT2D eigenvalue weighted by Gasteiger charge is 2.19. The Morgan fingerprint density at radius 2 is 2.08 bits per heavy atom. The predicted octanol–water partition coefficient (Wildman–Crippen LogP) is 2.42. The van der Waals surface area contributed by atoms with E-state index in [4.69, 9.17) is 16.3 Å². The first-order valence-corrected chi connectivity index (χ1v) is 8.47. The van der Waals surface area contributed by atoms with Crippen molar-refractivity contribution >= 4 is 35.0 Å². The van der Waals surface area contributed by atoms with E-state index in [9.17, 15) is 9.18 Å². The molecule has 1 aliphatic heterocycles. The molecule has 1 saturated heterocycles. The van der Waals surface area contributed by atoms with Gasteiger partial charge >= 0.3 is 0 Å². The summed E-state index contributed by atoms with van der Waals surface area (Å²) in [6.45, 7) is 2.68. The monoisotopic (exact) mass is 379 g/mol. The Morgan fingerprint density at radius 1 is 1.35 bits per heavy atom. The second-order valence-electron chi connectivity index (χ2n) is 5.98. The Hall–Kier alpha value is -2.45. The molecule has 0 aliphatic carbocycles. The van der Waals surface area contributed by atoms with Crippen LogP contribution >= 0.6 is 11.6 Å². The van der Waals surface area contributed by atoms with E-state index in [1.54, 1.807) is 11.1 Å². The van der Waals surface area contributed by atoms with Crippen LogP contribution in [0.1, 0.15) is 10.4 Å². The molecule has 2 heterocycles.